The highest BCUT2D eigenvalue weighted by Crippen LogP contribution is 2.14. The van der Waals surface area contributed by atoms with Crippen LogP contribution < -0.4 is 5.32 Å². The van der Waals surface area contributed by atoms with Crippen molar-refractivity contribution < 1.29 is 9.90 Å². The van der Waals surface area contributed by atoms with Crippen molar-refractivity contribution in [1.82, 2.24) is 10.2 Å². The lowest BCUT2D eigenvalue weighted by atomic mass is 10.3. The monoisotopic (exact) mass is 242 g/mol. The summed E-state index contributed by atoms with van der Waals surface area (Å²) in [5, 5.41) is 11.7. The van der Waals surface area contributed by atoms with Crippen LogP contribution in [0.15, 0.2) is 12.1 Å². The summed E-state index contributed by atoms with van der Waals surface area (Å²) in [4.78, 5) is 15.5. The Morgan fingerprint density at radius 2 is 2.31 bits per heavy atom. The molecule has 5 heteroatoms. The maximum Gasteiger partial charge on any atom is 0.317 e. The number of aliphatic hydroxyl groups is 1. The van der Waals surface area contributed by atoms with Crippen LogP contribution in [0.3, 0.4) is 0 Å². The Bertz CT molecular complexity index is 352. The number of nitrogens with zero attached hydrogens (tertiary/aromatic N) is 1. The number of hydrogen-bond donors (Lipinski definition) is 2. The van der Waals surface area contributed by atoms with Crippen molar-refractivity contribution in [3.05, 3.63) is 21.9 Å². The molecule has 2 amide bonds. The summed E-state index contributed by atoms with van der Waals surface area (Å²) in [7, 11) is 1.68. The molecule has 1 aromatic heterocycles. The molecule has 1 unspecified atom stereocenters. The number of rotatable bonds is 4. The topological polar surface area (TPSA) is 52.6 Å². The summed E-state index contributed by atoms with van der Waals surface area (Å²) in [6.07, 6.45) is 0. The molecule has 0 aliphatic carbocycles. The molecule has 1 heterocycles. The third-order valence-corrected chi connectivity index (χ3v) is 3.46. The smallest absolute Gasteiger partial charge is 0.317 e. The van der Waals surface area contributed by atoms with Crippen molar-refractivity contribution >= 4 is 17.4 Å². The maximum absolute atomic E-state index is 11.6. The summed E-state index contributed by atoms with van der Waals surface area (Å²) in [5.74, 6) is 0. The van der Waals surface area contributed by atoms with E-state index in [1.807, 2.05) is 19.1 Å². The fourth-order valence-electron chi connectivity index (χ4n) is 1.19. The van der Waals surface area contributed by atoms with Gasteiger partial charge < -0.3 is 15.3 Å². The molecule has 0 aliphatic heterocycles. The van der Waals surface area contributed by atoms with Crippen molar-refractivity contribution in [2.24, 2.45) is 0 Å². The fraction of sp³-hybridized carbons (Fsp3) is 0.545. The van der Waals surface area contributed by atoms with E-state index in [1.54, 1.807) is 25.3 Å². The molecule has 0 radical (unpaired) electrons. The first-order valence-electron chi connectivity index (χ1n) is 5.21. The van der Waals surface area contributed by atoms with E-state index in [9.17, 15) is 4.79 Å². The van der Waals surface area contributed by atoms with Gasteiger partial charge in [-0.3, -0.25) is 0 Å². The van der Waals surface area contributed by atoms with Gasteiger partial charge in [-0.15, -0.1) is 11.3 Å². The van der Waals surface area contributed by atoms with Gasteiger partial charge in [0.1, 0.15) is 0 Å². The van der Waals surface area contributed by atoms with Gasteiger partial charge in [0, 0.05) is 16.8 Å². The minimum Gasteiger partial charge on any atom is -0.394 e. The van der Waals surface area contributed by atoms with E-state index < -0.39 is 0 Å². The number of likely N-dealkylation sites (N-methyl/N-ethyl adjacent to an activating group) is 1. The zero-order valence-corrected chi connectivity index (χ0v) is 10.7. The highest BCUT2D eigenvalue weighted by Gasteiger charge is 2.14. The van der Waals surface area contributed by atoms with E-state index in [1.165, 1.54) is 9.78 Å². The Labute approximate surface area is 99.9 Å². The molecule has 4 nitrogen and oxygen atoms in total. The van der Waals surface area contributed by atoms with Crippen LogP contribution in [0.1, 0.15) is 16.7 Å². The van der Waals surface area contributed by atoms with Gasteiger partial charge in [-0.25, -0.2) is 4.79 Å². The number of nitrogens with one attached hydrogen (secondary N) is 1. The lowest BCUT2D eigenvalue weighted by molar-refractivity contribution is 0.157. The van der Waals surface area contributed by atoms with Crippen LogP contribution in [-0.2, 0) is 6.54 Å². The summed E-state index contributed by atoms with van der Waals surface area (Å²) in [6.45, 7) is 4.35. The van der Waals surface area contributed by atoms with Gasteiger partial charge in [0.15, 0.2) is 0 Å². The molecule has 2 N–H and O–H groups in total. The molecule has 90 valence electrons. The Morgan fingerprint density at radius 1 is 1.62 bits per heavy atom. The Hall–Kier alpha value is -1.07. The molecule has 0 aromatic carbocycles. The van der Waals surface area contributed by atoms with E-state index in [2.05, 4.69) is 5.32 Å². The minimum atomic E-state index is -0.162. The molecule has 1 rings (SSSR count). The molecule has 0 bridgehead atoms. The fourth-order valence-corrected chi connectivity index (χ4v) is 2.02. The molecule has 0 aliphatic rings. The standard InChI is InChI=1S/C11H18N2O2S/c1-8(7-14)13(3)11(15)12-6-10-5-4-9(2)16-10/h4-5,8,14H,6-7H2,1-3H3,(H,12,15). The number of carbonyl (C=O) groups is 1. The Kier molecular flexibility index (Phi) is 4.76. The first-order valence-corrected chi connectivity index (χ1v) is 6.03. The van der Waals surface area contributed by atoms with E-state index in [0.717, 1.165) is 4.88 Å². The normalized spacial score (nSPS) is 12.2. The molecular weight excluding hydrogens is 224 g/mol. The maximum atomic E-state index is 11.6. The van der Waals surface area contributed by atoms with E-state index in [0.29, 0.717) is 6.54 Å². The van der Waals surface area contributed by atoms with E-state index in [4.69, 9.17) is 5.11 Å². The summed E-state index contributed by atoms with van der Waals surface area (Å²) in [6, 6.07) is 3.72. The number of aliphatic hydroxyl groups excluding tert-OH is 1. The van der Waals surface area contributed by atoms with Crippen LogP contribution in [0.5, 0.6) is 0 Å². The minimum absolute atomic E-state index is 0.0258. The summed E-state index contributed by atoms with van der Waals surface area (Å²) in [5.41, 5.74) is 0. The predicted molar refractivity (Wildman–Crippen MR) is 65.6 cm³/mol. The Balaban J connectivity index is 2.40. The van der Waals surface area contributed by atoms with Crippen molar-refractivity contribution in [2.75, 3.05) is 13.7 Å². The number of thiophene rings is 1. The Morgan fingerprint density at radius 3 is 2.81 bits per heavy atom. The van der Waals surface area contributed by atoms with Gasteiger partial charge in [0.05, 0.1) is 19.2 Å². The van der Waals surface area contributed by atoms with Gasteiger partial charge in [-0.1, -0.05) is 0 Å². The molecule has 0 saturated heterocycles. The van der Waals surface area contributed by atoms with Crippen LogP contribution in [0.25, 0.3) is 0 Å². The van der Waals surface area contributed by atoms with Crippen LogP contribution in [0, 0.1) is 6.92 Å². The SMILES string of the molecule is Cc1ccc(CNC(=O)N(C)C(C)CO)s1. The van der Waals surface area contributed by atoms with Gasteiger partial charge >= 0.3 is 6.03 Å². The van der Waals surface area contributed by atoms with Crippen molar-refractivity contribution in [3.63, 3.8) is 0 Å². The second kappa shape index (κ2) is 5.86. The average Bonchev–Trinajstić information content (AvgIpc) is 2.69. The highest BCUT2D eigenvalue weighted by molar-refractivity contribution is 7.11. The van der Waals surface area contributed by atoms with Crippen molar-refractivity contribution in [2.45, 2.75) is 26.4 Å². The second-order valence-corrected chi connectivity index (χ2v) is 5.19. The molecule has 1 aromatic rings. The summed E-state index contributed by atoms with van der Waals surface area (Å²) >= 11 is 1.67. The second-order valence-electron chi connectivity index (χ2n) is 3.81. The third kappa shape index (κ3) is 3.50. The van der Waals surface area contributed by atoms with Gasteiger partial charge in [-0.05, 0) is 26.0 Å². The first kappa shape index (κ1) is 13.0. The van der Waals surface area contributed by atoms with E-state index in [-0.39, 0.29) is 18.7 Å². The number of aryl methyl sites for hydroxylation is 1. The predicted octanol–water partition coefficient (Wildman–Crippen LogP) is 1.58. The third-order valence-electron chi connectivity index (χ3n) is 2.46. The molecule has 0 saturated carbocycles. The highest BCUT2D eigenvalue weighted by atomic mass is 32.1. The van der Waals surface area contributed by atoms with Crippen LogP contribution in [-0.4, -0.2) is 35.7 Å². The van der Waals surface area contributed by atoms with Gasteiger partial charge in [0.2, 0.25) is 0 Å². The van der Waals surface area contributed by atoms with Crippen molar-refractivity contribution in [1.29, 1.82) is 0 Å². The molecule has 1 atom stereocenters. The van der Waals surface area contributed by atoms with Crippen molar-refractivity contribution in [3.8, 4) is 0 Å². The van der Waals surface area contributed by atoms with Crippen LogP contribution in [0.4, 0.5) is 4.79 Å². The number of amides is 2. The zero-order chi connectivity index (χ0) is 12.1. The molecule has 0 fully saturated rings. The molecule has 16 heavy (non-hydrogen) atoms. The largest absolute Gasteiger partial charge is 0.394 e. The van der Waals surface area contributed by atoms with Gasteiger partial charge in [-0.2, -0.15) is 0 Å². The number of urea groups is 1. The molecular formula is C11H18N2O2S. The zero-order valence-electron chi connectivity index (χ0n) is 9.86. The first-order chi connectivity index (χ1) is 7.54. The number of hydrogen-bond acceptors (Lipinski definition) is 3. The van der Waals surface area contributed by atoms with Crippen LogP contribution >= 0.6 is 11.3 Å². The number of carbonyl (C=O) groups excluding carboxylic acids is 1. The van der Waals surface area contributed by atoms with E-state index >= 15 is 0 Å². The van der Waals surface area contributed by atoms with Crippen LogP contribution in [0.2, 0.25) is 0 Å². The summed E-state index contributed by atoms with van der Waals surface area (Å²) < 4.78 is 0. The van der Waals surface area contributed by atoms with Gasteiger partial charge in [0.25, 0.3) is 0 Å². The molecule has 0 spiro atoms. The lowest BCUT2D eigenvalue weighted by Gasteiger charge is -2.23. The lowest BCUT2D eigenvalue weighted by Crippen LogP contribution is -2.43. The average molecular weight is 242 g/mol. The quantitative estimate of drug-likeness (QED) is 0.842.